The lowest BCUT2D eigenvalue weighted by molar-refractivity contribution is 0.331. The summed E-state index contributed by atoms with van der Waals surface area (Å²) in [5.41, 5.74) is 11.8. The molecule has 27 heavy (non-hydrogen) atoms. The Hall–Kier alpha value is -2.72. The number of likely N-dealkylation sites (tertiary alicyclic amines) is 1. The number of nitrogens with two attached hydrogens (primary N) is 1. The summed E-state index contributed by atoms with van der Waals surface area (Å²) in [5.74, 6) is -0.227. The van der Waals surface area contributed by atoms with Crippen LogP contribution in [0.15, 0.2) is 60.9 Å². The second-order valence-electron chi connectivity index (χ2n) is 7.25. The summed E-state index contributed by atoms with van der Waals surface area (Å²) in [4.78, 5) is 6.73. The molecule has 0 radical (unpaired) electrons. The molecular formula is C23H24FN3. The minimum absolute atomic E-state index is 0.227. The van der Waals surface area contributed by atoms with E-state index in [1.165, 1.54) is 18.4 Å². The largest absolute Gasteiger partial charge is 0.398 e. The number of halogens is 1. The maximum atomic E-state index is 14.3. The predicted molar refractivity (Wildman–Crippen MR) is 108 cm³/mol. The van der Waals surface area contributed by atoms with E-state index in [2.05, 4.69) is 22.0 Å². The molecule has 3 nitrogen and oxygen atoms in total. The number of pyridine rings is 1. The molecule has 1 aliphatic rings. The average Bonchev–Trinajstić information content (AvgIpc) is 3.17. The number of anilines is 1. The van der Waals surface area contributed by atoms with Gasteiger partial charge in [-0.25, -0.2) is 4.39 Å². The van der Waals surface area contributed by atoms with Crippen molar-refractivity contribution in [2.24, 2.45) is 0 Å². The van der Waals surface area contributed by atoms with Gasteiger partial charge in [0.2, 0.25) is 0 Å². The molecule has 1 aliphatic heterocycles. The van der Waals surface area contributed by atoms with Gasteiger partial charge < -0.3 is 5.73 Å². The van der Waals surface area contributed by atoms with Gasteiger partial charge in [-0.1, -0.05) is 30.3 Å². The Morgan fingerprint density at radius 2 is 1.74 bits per heavy atom. The van der Waals surface area contributed by atoms with Gasteiger partial charge in [-0.3, -0.25) is 9.88 Å². The molecule has 0 saturated carbocycles. The minimum atomic E-state index is -0.227. The first-order valence-corrected chi connectivity index (χ1v) is 9.47. The second kappa shape index (κ2) is 7.89. The summed E-state index contributed by atoms with van der Waals surface area (Å²) in [5, 5.41) is 0. The minimum Gasteiger partial charge on any atom is -0.398 e. The van der Waals surface area contributed by atoms with Crippen LogP contribution in [0.4, 0.5) is 10.1 Å². The number of benzene rings is 2. The topological polar surface area (TPSA) is 42.1 Å². The van der Waals surface area contributed by atoms with E-state index in [1.54, 1.807) is 24.5 Å². The van der Waals surface area contributed by atoms with Crippen molar-refractivity contribution in [1.29, 1.82) is 0 Å². The lowest BCUT2D eigenvalue weighted by atomic mass is 9.98. The first-order chi connectivity index (χ1) is 13.2. The quantitative estimate of drug-likeness (QED) is 0.719. The highest BCUT2D eigenvalue weighted by Crippen LogP contribution is 2.30. The number of rotatable bonds is 5. The number of hydrogen-bond donors (Lipinski definition) is 1. The molecule has 1 aromatic heterocycles. The first-order valence-electron chi connectivity index (χ1n) is 9.47. The lowest BCUT2D eigenvalue weighted by Gasteiger charge is -2.16. The van der Waals surface area contributed by atoms with Crippen molar-refractivity contribution in [3.63, 3.8) is 0 Å². The maximum absolute atomic E-state index is 14.3. The van der Waals surface area contributed by atoms with E-state index < -0.39 is 0 Å². The van der Waals surface area contributed by atoms with Gasteiger partial charge in [0.25, 0.3) is 0 Å². The average molecular weight is 361 g/mol. The summed E-state index contributed by atoms with van der Waals surface area (Å²) in [7, 11) is 0. The van der Waals surface area contributed by atoms with Crippen LogP contribution in [0.2, 0.25) is 0 Å². The van der Waals surface area contributed by atoms with Crippen LogP contribution in [0, 0.1) is 5.82 Å². The molecule has 4 rings (SSSR count). The summed E-state index contributed by atoms with van der Waals surface area (Å²) < 4.78 is 14.3. The highest BCUT2D eigenvalue weighted by molar-refractivity contribution is 5.78. The van der Waals surface area contributed by atoms with Gasteiger partial charge in [-0.05, 0) is 66.4 Å². The van der Waals surface area contributed by atoms with E-state index in [9.17, 15) is 4.39 Å². The highest BCUT2D eigenvalue weighted by atomic mass is 19.1. The molecule has 4 heteroatoms. The van der Waals surface area contributed by atoms with E-state index in [0.29, 0.717) is 12.1 Å². The Bertz CT molecular complexity index is 918. The zero-order valence-corrected chi connectivity index (χ0v) is 15.4. The van der Waals surface area contributed by atoms with Crippen LogP contribution in [0.25, 0.3) is 11.1 Å². The molecule has 0 bridgehead atoms. The zero-order chi connectivity index (χ0) is 18.6. The molecule has 1 fully saturated rings. The van der Waals surface area contributed by atoms with Crippen LogP contribution in [0.5, 0.6) is 0 Å². The summed E-state index contributed by atoms with van der Waals surface area (Å²) in [6.07, 6.45) is 6.69. The van der Waals surface area contributed by atoms with E-state index >= 15 is 0 Å². The second-order valence-corrected chi connectivity index (χ2v) is 7.25. The van der Waals surface area contributed by atoms with Crippen LogP contribution in [-0.4, -0.2) is 23.0 Å². The molecule has 0 unspecified atom stereocenters. The third-order valence-corrected chi connectivity index (χ3v) is 5.18. The lowest BCUT2D eigenvalue weighted by Crippen LogP contribution is -2.18. The van der Waals surface area contributed by atoms with E-state index in [4.69, 9.17) is 5.73 Å². The molecule has 0 amide bonds. The van der Waals surface area contributed by atoms with Gasteiger partial charge in [0, 0.05) is 36.6 Å². The molecule has 2 heterocycles. The summed E-state index contributed by atoms with van der Waals surface area (Å²) >= 11 is 0. The van der Waals surface area contributed by atoms with Gasteiger partial charge in [-0.15, -0.1) is 0 Å². The van der Waals surface area contributed by atoms with Gasteiger partial charge in [0.05, 0.1) is 0 Å². The monoisotopic (exact) mass is 361 g/mol. The third kappa shape index (κ3) is 4.17. The Kier molecular flexibility index (Phi) is 5.16. The van der Waals surface area contributed by atoms with Crippen molar-refractivity contribution in [3.05, 3.63) is 83.4 Å². The Balaban J connectivity index is 1.64. The van der Waals surface area contributed by atoms with Crippen molar-refractivity contribution < 1.29 is 4.39 Å². The van der Waals surface area contributed by atoms with Crippen molar-refractivity contribution >= 4 is 5.69 Å². The van der Waals surface area contributed by atoms with Crippen molar-refractivity contribution in [2.75, 3.05) is 18.8 Å². The van der Waals surface area contributed by atoms with Crippen molar-refractivity contribution in [2.45, 2.75) is 25.8 Å². The molecule has 0 atom stereocenters. The SMILES string of the molecule is Nc1c(Cc2ccccc2)cncc1-c1cc(F)cc(CN2CCCC2)c1. The summed E-state index contributed by atoms with van der Waals surface area (Å²) in [6, 6.07) is 15.4. The first kappa shape index (κ1) is 17.7. The number of nitrogen functional groups attached to an aromatic ring is 1. The fourth-order valence-electron chi connectivity index (χ4n) is 3.80. The number of nitrogens with zero attached hydrogens (tertiary/aromatic N) is 2. The molecule has 1 saturated heterocycles. The van der Waals surface area contributed by atoms with Crippen LogP contribution >= 0.6 is 0 Å². The Labute approximate surface area is 159 Å². The van der Waals surface area contributed by atoms with Crippen LogP contribution in [-0.2, 0) is 13.0 Å². The van der Waals surface area contributed by atoms with Crippen LogP contribution in [0.3, 0.4) is 0 Å². The van der Waals surface area contributed by atoms with Gasteiger partial charge in [0.15, 0.2) is 0 Å². The Morgan fingerprint density at radius 3 is 2.52 bits per heavy atom. The predicted octanol–water partition coefficient (Wildman–Crippen LogP) is 4.66. The third-order valence-electron chi connectivity index (χ3n) is 5.18. The smallest absolute Gasteiger partial charge is 0.124 e. The molecule has 2 N–H and O–H groups in total. The van der Waals surface area contributed by atoms with Gasteiger partial charge in [-0.2, -0.15) is 0 Å². The number of aromatic nitrogens is 1. The molecule has 2 aromatic carbocycles. The molecule has 0 spiro atoms. The number of hydrogen-bond acceptors (Lipinski definition) is 3. The standard InChI is InChI=1S/C23H24FN3/c24-21-12-18(16-27-8-4-5-9-27)11-19(13-21)22-15-26-14-20(23(22)25)10-17-6-2-1-3-7-17/h1-3,6-7,11-15H,4-5,8-10,16H2,(H2,25,26). The normalized spacial score (nSPS) is 14.6. The maximum Gasteiger partial charge on any atom is 0.124 e. The Morgan fingerprint density at radius 1 is 0.963 bits per heavy atom. The van der Waals surface area contributed by atoms with Crippen LogP contribution in [0.1, 0.15) is 29.5 Å². The van der Waals surface area contributed by atoms with Gasteiger partial charge in [0.1, 0.15) is 5.82 Å². The fourth-order valence-corrected chi connectivity index (χ4v) is 3.80. The molecule has 138 valence electrons. The van der Waals surface area contributed by atoms with Crippen molar-refractivity contribution in [1.82, 2.24) is 9.88 Å². The molecule has 3 aromatic rings. The summed E-state index contributed by atoms with van der Waals surface area (Å²) in [6.45, 7) is 2.95. The molecule has 0 aliphatic carbocycles. The highest BCUT2D eigenvalue weighted by Gasteiger charge is 2.15. The van der Waals surface area contributed by atoms with E-state index in [1.807, 2.05) is 24.3 Å². The fraction of sp³-hybridized carbons (Fsp3) is 0.261. The van der Waals surface area contributed by atoms with E-state index in [-0.39, 0.29) is 5.82 Å². The zero-order valence-electron chi connectivity index (χ0n) is 15.4. The van der Waals surface area contributed by atoms with Crippen molar-refractivity contribution in [3.8, 4) is 11.1 Å². The van der Waals surface area contributed by atoms with Crippen LogP contribution < -0.4 is 5.73 Å². The van der Waals surface area contributed by atoms with E-state index in [0.717, 1.165) is 41.9 Å². The molecular weight excluding hydrogens is 337 g/mol. The van der Waals surface area contributed by atoms with Gasteiger partial charge >= 0.3 is 0 Å².